The topological polar surface area (TPSA) is 108 Å². The van der Waals surface area contributed by atoms with Gasteiger partial charge in [0.1, 0.15) is 13.2 Å². The molecule has 9 heteroatoms. The molecule has 2 atom stereocenters. The Morgan fingerprint density at radius 1 is 0.337 bits per heavy atom. The molecule has 92 heavy (non-hydrogen) atoms. The molecular formula is C83H154NO8+. The SMILES string of the molecule is CC/C=C\C/C=C\C/C=C\C/C=C\C/C=C\CCCCCCCCCCCCCCCCCC(=O)OC(COC(=O)CCCCCCCCCCCCCCCCCCCCCCCCCCCCCCCCCCCCCC)COC(OCC[N+](C)(C)C)C(=O)O. The highest BCUT2D eigenvalue weighted by atomic mass is 16.7. The predicted molar refractivity (Wildman–Crippen MR) is 397 cm³/mol. The van der Waals surface area contributed by atoms with Gasteiger partial charge in [-0.3, -0.25) is 9.59 Å². The number of carboxylic acids is 1. The standard InChI is InChI=1S/C83H153NO8/c1-6-8-10-12-14-16-18-20-22-24-26-28-30-32-34-36-38-39-40-41-42-44-45-47-49-51-53-55-57-59-61-63-65-67-69-71-73-80(85)90-77-79(78-91-83(82(87)88)89-76-75-84(3,4)5)92-81(86)74-72-70-68-66-64-62-60-58-56-54-52-50-48-46-43-37-35-33-31-29-27-25-23-21-19-17-15-13-11-9-7-2/h9,11,15,17,21,23,27,29,33,35,79,83H,6-8,10,12-14,16,18-20,22,24-26,28,30-32,34,36-78H2,1-5H3/p+1/b11-9-,17-15-,23-21-,29-27-,35-33-. The monoisotopic (exact) mass is 1290 g/mol. The van der Waals surface area contributed by atoms with Crippen molar-refractivity contribution in [1.29, 1.82) is 0 Å². The van der Waals surface area contributed by atoms with Crippen LogP contribution in [0.2, 0.25) is 0 Å². The molecule has 0 rings (SSSR count). The normalized spacial score (nSPS) is 12.9. The van der Waals surface area contributed by atoms with Gasteiger partial charge in [-0.25, -0.2) is 4.79 Å². The van der Waals surface area contributed by atoms with Crippen molar-refractivity contribution < 1.29 is 42.9 Å². The van der Waals surface area contributed by atoms with E-state index in [1.807, 2.05) is 21.1 Å². The number of unbranched alkanes of at least 4 members (excludes halogenated alkanes) is 50. The first kappa shape index (κ1) is 89.0. The number of nitrogens with zero attached hydrogens (tertiary/aromatic N) is 1. The van der Waals surface area contributed by atoms with Gasteiger partial charge in [0.25, 0.3) is 6.29 Å². The zero-order chi connectivity index (χ0) is 66.8. The van der Waals surface area contributed by atoms with Crippen LogP contribution < -0.4 is 0 Å². The molecule has 0 aromatic carbocycles. The van der Waals surface area contributed by atoms with E-state index in [1.54, 1.807) is 0 Å². The van der Waals surface area contributed by atoms with E-state index < -0.39 is 18.4 Å². The summed E-state index contributed by atoms with van der Waals surface area (Å²) in [5.41, 5.74) is 0. The summed E-state index contributed by atoms with van der Waals surface area (Å²) >= 11 is 0. The van der Waals surface area contributed by atoms with Crippen LogP contribution in [-0.4, -0.2) is 87.4 Å². The minimum atomic E-state index is -1.51. The Hall–Kier alpha value is -3.01. The largest absolute Gasteiger partial charge is 0.477 e. The van der Waals surface area contributed by atoms with E-state index in [-0.39, 0.29) is 38.2 Å². The number of allylic oxidation sites excluding steroid dienone is 10. The number of aliphatic carboxylic acids is 1. The number of carboxylic acid groups (broad SMARTS) is 1. The van der Waals surface area contributed by atoms with Crippen molar-refractivity contribution in [3.8, 4) is 0 Å². The second-order valence-corrected chi connectivity index (χ2v) is 28.4. The zero-order valence-electron chi connectivity index (χ0n) is 61.7. The number of carbonyl (C=O) groups excluding carboxylic acids is 2. The average molecular weight is 1290 g/mol. The smallest absolute Gasteiger partial charge is 0.361 e. The Balaban J connectivity index is 3.98. The van der Waals surface area contributed by atoms with Crippen LogP contribution in [0.3, 0.4) is 0 Å². The number of likely N-dealkylation sites (N-methyl/N-ethyl adjacent to an activating group) is 1. The third kappa shape index (κ3) is 74.4. The van der Waals surface area contributed by atoms with Gasteiger partial charge in [0, 0.05) is 12.8 Å². The van der Waals surface area contributed by atoms with E-state index in [0.29, 0.717) is 17.4 Å². The average Bonchev–Trinajstić information content (AvgIpc) is 3.70. The number of hydrogen-bond donors (Lipinski definition) is 1. The Morgan fingerprint density at radius 2 is 0.620 bits per heavy atom. The summed E-state index contributed by atoms with van der Waals surface area (Å²) in [5.74, 6) is -1.98. The fourth-order valence-corrected chi connectivity index (χ4v) is 12.0. The molecule has 0 saturated carbocycles. The maximum absolute atomic E-state index is 13.0. The van der Waals surface area contributed by atoms with Crippen LogP contribution in [0, 0.1) is 0 Å². The third-order valence-electron chi connectivity index (χ3n) is 18.0. The van der Waals surface area contributed by atoms with Crippen molar-refractivity contribution in [1.82, 2.24) is 0 Å². The maximum Gasteiger partial charge on any atom is 0.361 e. The molecule has 2 unspecified atom stereocenters. The summed E-state index contributed by atoms with van der Waals surface area (Å²) in [7, 11) is 5.99. The molecule has 1 N–H and O–H groups in total. The van der Waals surface area contributed by atoms with Crippen LogP contribution in [-0.2, 0) is 33.3 Å². The fraction of sp³-hybridized carbons (Fsp3) is 0.843. The summed E-state index contributed by atoms with van der Waals surface area (Å²) in [4.78, 5) is 37.7. The van der Waals surface area contributed by atoms with Crippen LogP contribution in [0.25, 0.3) is 0 Å². The molecule has 538 valence electrons. The molecule has 0 radical (unpaired) electrons. The van der Waals surface area contributed by atoms with E-state index in [9.17, 15) is 19.5 Å². The molecule has 0 bridgehead atoms. The molecule has 0 aliphatic heterocycles. The summed E-state index contributed by atoms with van der Waals surface area (Å²) in [5, 5.41) is 9.77. The number of hydrogen-bond acceptors (Lipinski definition) is 7. The highest BCUT2D eigenvalue weighted by Crippen LogP contribution is 2.20. The Bertz CT molecular complexity index is 1700. The van der Waals surface area contributed by atoms with E-state index in [2.05, 4.69) is 74.6 Å². The number of quaternary nitrogens is 1. The van der Waals surface area contributed by atoms with Crippen LogP contribution in [0.5, 0.6) is 0 Å². The second kappa shape index (κ2) is 73.8. The van der Waals surface area contributed by atoms with Crippen LogP contribution in [0.4, 0.5) is 0 Å². The van der Waals surface area contributed by atoms with Crippen molar-refractivity contribution in [3.63, 3.8) is 0 Å². The number of carbonyl (C=O) groups is 3. The number of esters is 2. The lowest BCUT2D eigenvalue weighted by Crippen LogP contribution is -2.40. The van der Waals surface area contributed by atoms with Crippen LogP contribution in [0.15, 0.2) is 60.8 Å². The van der Waals surface area contributed by atoms with Crippen molar-refractivity contribution in [2.45, 2.75) is 405 Å². The van der Waals surface area contributed by atoms with E-state index in [4.69, 9.17) is 18.9 Å². The van der Waals surface area contributed by atoms with Crippen molar-refractivity contribution >= 4 is 17.9 Å². The van der Waals surface area contributed by atoms with Crippen molar-refractivity contribution in [3.05, 3.63) is 60.8 Å². The van der Waals surface area contributed by atoms with Gasteiger partial charge >= 0.3 is 17.9 Å². The molecule has 0 amide bonds. The summed E-state index contributed by atoms with van der Waals surface area (Å²) in [6.07, 6.45) is 95.3. The quantitative estimate of drug-likeness (QED) is 0.0211. The molecule has 0 fully saturated rings. The summed E-state index contributed by atoms with van der Waals surface area (Å²) < 4.78 is 23.1. The van der Waals surface area contributed by atoms with Gasteiger partial charge in [0.2, 0.25) is 0 Å². The predicted octanol–water partition coefficient (Wildman–Crippen LogP) is 25.4. The third-order valence-corrected chi connectivity index (χ3v) is 18.0. The maximum atomic E-state index is 13.0. The molecule has 9 nitrogen and oxygen atoms in total. The molecule has 0 saturated heterocycles. The van der Waals surface area contributed by atoms with Crippen LogP contribution in [0.1, 0.15) is 393 Å². The molecule has 0 aliphatic rings. The van der Waals surface area contributed by atoms with E-state index in [1.165, 1.54) is 295 Å². The number of rotatable bonds is 75. The minimum Gasteiger partial charge on any atom is -0.477 e. The minimum absolute atomic E-state index is 0.178. The Morgan fingerprint density at radius 3 is 0.924 bits per heavy atom. The highest BCUT2D eigenvalue weighted by molar-refractivity contribution is 5.71. The second-order valence-electron chi connectivity index (χ2n) is 28.4. The van der Waals surface area contributed by atoms with Gasteiger partial charge < -0.3 is 28.5 Å². The lowest BCUT2D eigenvalue weighted by molar-refractivity contribution is -0.870. The van der Waals surface area contributed by atoms with Gasteiger partial charge in [0.05, 0.1) is 34.4 Å². The Kier molecular flexibility index (Phi) is 71.4. The zero-order valence-corrected chi connectivity index (χ0v) is 61.7. The highest BCUT2D eigenvalue weighted by Gasteiger charge is 2.25. The molecule has 0 aliphatic carbocycles. The van der Waals surface area contributed by atoms with Gasteiger partial charge in [-0.05, 0) is 57.8 Å². The molecule has 0 aromatic rings. The molecule has 0 aromatic heterocycles. The van der Waals surface area contributed by atoms with Crippen molar-refractivity contribution in [2.75, 3.05) is 47.5 Å². The first-order chi connectivity index (χ1) is 45.1. The fourth-order valence-electron chi connectivity index (χ4n) is 12.0. The first-order valence-electron chi connectivity index (χ1n) is 40.0. The first-order valence-corrected chi connectivity index (χ1v) is 40.0. The summed E-state index contributed by atoms with van der Waals surface area (Å²) in [6.45, 7) is 4.83. The molecule has 0 heterocycles. The molecular weight excluding hydrogens is 1140 g/mol. The lowest BCUT2D eigenvalue weighted by Gasteiger charge is -2.25. The van der Waals surface area contributed by atoms with Crippen LogP contribution >= 0.6 is 0 Å². The van der Waals surface area contributed by atoms with Gasteiger partial charge in [-0.1, -0.05) is 383 Å². The van der Waals surface area contributed by atoms with Gasteiger partial charge in [-0.2, -0.15) is 0 Å². The number of ether oxygens (including phenoxy) is 4. The van der Waals surface area contributed by atoms with E-state index in [0.717, 1.165) is 70.6 Å². The van der Waals surface area contributed by atoms with E-state index >= 15 is 0 Å². The molecule has 0 spiro atoms. The van der Waals surface area contributed by atoms with Crippen molar-refractivity contribution in [2.24, 2.45) is 0 Å². The Labute approximate surface area is 571 Å². The van der Waals surface area contributed by atoms with Gasteiger partial charge in [-0.15, -0.1) is 0 Å². The summed E-state index contributed by atoms with van der Waals surface area (Å²) in [6, 6.07) is 0. The lowest BCUT2D eigenvalue weighted by atomic mass is 10.0. The van der Waals surface area contributed by atoms with Gasteiger partial charge in [0.15, 0.2) is 6.10 Å².